The highest BCUT2D eigenvalue weighted by Crippen LogP contribution is 2.27. The Morgan fingerprint density at radius 3 is 2.29 bits per heavy atom. The molecule has 2 N–H and O–H groups in total. The average molecular weight is 453 g/mol. The van der Waals surface area contributed by atoms with E-state index in [1.54, 1.807) is 41.1 Å². The van der Waals surface area contributed by atoms with Crippen LogP contribution in [0.2, 0.25) is 10.0 Å². The fourth-order valence-corrected chi connectivity index (χ4v) is 3.81. The van der Waals surface area contributed by atoms with Gasteiger partial charge in [-0.25, -0.2) is 0 Å². The zero-order chi connectivity index (χ0) is 22.0. The fraction of sp³-hybridized carbons (Fsp3) is 0.125. The van der Waals surface area contributed by atoms with Gasteiger partial charge >= 0.3 is 5.91 Å². The molecule has 1 aliphatic heterocycles. The molecule has 4 rings (SSSR count). The second-order valence-electron chi connectivity index (χ2n) is 7.38. The second-order valence-corrected chi connectivity index (χ2v) is 8.25. The van der Waals surface area contributed by atoms with Crippen LogP contribution in [0.5, 0.6) is 0 Å². The lowest BCUT2D eigenvalue weighted by Crippen LogP contribution is -2.42. The molecule has 0 unspecified atom stereocenters. The number of nitrogens with one attached hydrogen (secondary N) is 2. The molecule has 0 saturated carbocycles. The first-order valence-electron chi connectivity index (χ1n) is 9.73. The Labute approximate surface area is 190 Å². The molecule has 5 nitrogen and oxygen atoms in total. The summed E-state index contributed by atoms with van der Waals surface area (Å²) in [5, 5.41) is 4.11. The van der Waals surface area contributed by atoms with Gasteiger partial charge in [-0.1, -0.05) is 53.0 Å². The number of hydrogen-bond acceptors (Lipinski definition) is 2. The smallest absolute Gasteiger partial charge is 0.304 e. The van der Waals surface area contributed by atoms with Crippen LogP contribution in [-0.4, -0.2) is 28.8 Å². The van der Waals surface area contributed by atoms with Gasteiger partial charge < -0.3 is 5.32 Å². The standard InChI is InChI=1S/C24H19Cl2N3O2/c1-15-3-2-4-18(13-15)23(30)27-21-22(17-7-11-20(26)12-8-17)29(28-24(21)31)14-16-5-9-19(25)10-6-16/h2-14,21-22H,1H3,(H-,27,28,30,31)/p+1/b29-14-/t21-,22+/m1/s1. The van der Waals surface area contributed by atoms with Crippen molar-refractivity contribution in [2.45, 2.75) is 19.0 Å². The Kier molecular flexibility index (Phi) is 6.07. The third kappa shape index (κ3) is 4.79. The molecule has 3 aromatic carbocycles. The van der Waals surface area contributed by atoms with Gasteiger partial charge in [-0.05, 0) is 55.5 Å². The maximum absolute atomic E-state index is 12.9. The number of hydrazine groups is 1. The van der Waals surface area contributed by atoms with Gasteiger partial charge in [-0.3, -0.25) is 9.59 Å². The van der Waals surface area contributed by atoms with Crippen LogP contribution in [0.4, 0.5) is 0 Å². The third-order valence-electron chi connectivity index (χ3n) is 5.07. The third-order valence-corrected chi connectivity index (χ3v) is 5.58. The predicted octanol–water partition coefficient (Wildman–Crippen LogP) is 4.32. The van der Waals surface area contributed by atoms with Gasteiger partial charge in [0.15, 0.2) is 6.04 Å². The molecule has 31 heavy (non-hydrogen) atoms. The lowest BCUT2D eigenvalue weighted by molar-refractivity contribution is -0.596. The van der Waals surface area contributed by atoms with E-state index in [1.807, 2.05) is 49.5 Å². The number of carbonyl (C=O) groups is 2. The maximum atomic E-state index is 12.9. The number of hydrogen-bond donors (Lipinski definition) is 2. The molecule has 1 fully saturated rings. The van der Waals surface area contributed by atoms with Crippen molar-refractivity contribution in [1.82, 2.24) is 10.7 Å². The monoisotopic (exact) mass is 452 g/mol. The van der Waals surface area contributed by atoms with E-state index in [-0.39, 0.29) is 11.8 Å². The first-order valence-corrected chi connectivity index (χ1v) is 10.5. The molecular formula is C24H20Cl2N3O2+. The first kappa shape index (κ1) is 21.1. The molecule has 0 aliphatic carbocycles. The zero-order valence-electron chi connectivity index (χ0n) is 16.7. The number of rotatable bonds is 4. The number of halogens is 2. The van der Waals surface area contributed by atoms with Crippen molar-refractivity contribution in [3.8, 4) is 0 Å². The number of aryl methyl sites for hydroxylation is 1. The summed E-state index contributed by atoms with van der Waals surface area (Å²) in [6.45, 7) is 1.92. The normalized spacial score (nSPS) is 19.3. The van der Waals surface area contributed by atoms with E-state index in [2.05, 4.69) is 10.7 Å². The van der Waals surface area contributed by atoms with Crippen LogP contribution < -0.4 is 10.7 Å². The van der Waals surface area contributed by atoms with Crippen LogP contribution in [0.3, 0.4) is 0 Å². The molecule has 2 atom stereocenters. The fourth-order valence-electron chi connectivity index (χ4n) is 3.56. The first-order chi connectivity index (χ1) is 14.9. The Morgan fingerprint density at radius 1 is 1.00 bits per heavy atom. The number of nitrogens with zero attached hydrogens (tertiary/aromatic N) is 1. The molecule has 0 bridgehead atoms. The molecule has 2 amide bonds. The summed E-state index contributed by atoms with van der Waals surface area (Å²) in [7, 11) is 0. The van der Waals surface area contributed by atoms with Gasteiger partial charge in [0, 0.05) is 26.7 Å². The van der Waals surface area contributed by atoms with Crippen molar-refractivity contribution in [2.75, 3.05) is 0 Å². The molecule has 7 heteroatoms. The Bertz CT molecular complexity index is 1160. The van der Waals surface area contributed by atoms with Gasteiger partial charge in [-0.2, -0.15) is 0 Å². The molecule has 1 heterocycles. The molecule has 1 aliphatic rings. The van der Waals surface area contributed by atoms with Crippen LogP contribution in [0.15, 0.2) is 72.8 Å². The van der Waals surface area contributed by atoms with Crippen molar-refractivity contribution in [1.29, 1.82) is 0 Å². The quantitative estimate of drug-likeness (QED) is 0.579. The van der Waals surface area contributed by atoms with Crippen molar-refractivity contribution in [2.24, 2.45) is 0 Å². The van der Waals surface area contributed by atoms with Gasteiger partial charge in [-0.15, -0.1) is 10.1 Å². The number of hydrazone groups is 1. The molecule has 0 spiro atoms. The number of carbonyl (C=O) groups excluding carboxylic acids is 2. The lowest BCUT2D eigenvalue weighted by Gasteiger charge is -2.15. The lowest BCUT2D eigenvalue weighted by atomic mass is 9.99. The minimum Gasteiger partial charge on any atom is -0.334 e. The zero-order valence-corrected chi connectivity index (χ0v) is 18.2. The van der Waals surface area contributed by atoms with Crippen LogP contribution in [-0.2, 0) is 4.79 Å². The van der Waals surface area contributed by atoms with Crippen LogP contribution in [0.25, 0.3) is 0 Å². The summed E-state index contributed by atoms with van der Waals surface area (Å²) < 4.78 is 1.70. The minimum atomic E-state index is -0.794. The molecule has 0 aromatic heterocycles. The van der Waals surface area contributed by atoms with E-state index >= 15 is 0 Å². The van der Waals surface area contributed by atoms with E-state index in [1.165, 1.54) is 0 Å². The Morgan fingerprint density at radius 2 is 1.65 bits per heavy atom. The molecule has 3 aromatic rings. The highest BCUT2D eigenvalue weighted by Gasteiger charge is 2.47. The molecule has 0 radical (unpaired) electrons. The predicted molar refractivity (Wildman–Crippen MR) is 122 cm³/mol. The minimum absolute atomic E-state index is 0.300. The largest absolute Gasteiger partial charge is 0.334 e. The van der Waals surface area contributed by atoms with Crippen LogP contribution in [0.1, 0.15) is 33.1 Å². The summed E-state index contributed by atoms with van der Waals surface area (Å²) in [5.41, 5.74) is 6.02. The van der Waals surface area contributed by atoms with E-state index < -0.39 is 12.1 Å². The Balaban J connectivity index is 1.70. The van der Waals surface area contributed by atoms with Gasteiger partial charge in [0.2, 0.25) is 12.3 Å². The van der Waals surface area contributed by atoms with Crippen molar-refractivity contribution >= 4 is 41.2 Å². The van der Waals surface area contributed by atoms with Crippen molar-refractivity contribution < 1.29 is 14.3 Å². The summed E-state index contributed by atoms with van der Waals surface area (Å²) in [6.07, 6.45) is 1.81. The van der Waals surface area contributed by atoms with Crippen LogP contribution in [0, 0.1) is 6.92 Å². The summed E-state index contributed by atoms with van der Waals surface area (Å²) >= 11 is 12.0. The highest BCUT2D eigenvalue weighted by molar-refractivity contribution is 6.30. The molecular weight excluding hydrogens is 433 g/mol. The second kappa shape index (κ2) is 8.92. The Hall–Kier alpha value is -3.15. The van der Waals surface area contributed by atoms with Gasteiger partial charge in [0.05, 0.1) is 0 Å². The number of amides is 2. The number of benzene rings is 3. The summed E-state index contributed by atoms with van der Waals surface area (Å²) in [6, 6.07) is 20.5. The topological polar surface area (TPSA) is 61.2 Å². The van der Waals surface area contributed by atoms with Crippen molar-refractivity contribution in [3.05, 3.63) is 105 Å². The highest BCUT2D eigenvalue weighted by atomic mass is 35.5. The maximum Gasteiger partial charge on any atom is 0.304 e. The molecule has 1 saturated heterocycles. The van der Waals surface area contributed by atoms with Crippen molar-refractivity contribution in [3.63, 3.8) is 0 Å². The van der Waals surface area contributed by atoms with E-state index in [9.17, 15) is 9.59 Å². The van der Waals surface area contributed by atoms with E-state index in [0.717, 1.165) is 16.7 Å². The van der Waals surface area contributed by atoms with Crippen LogP contribution >= 0.6 is 23.2 Å². The van der Waals surface area contributed by atoms with Gasteiger partial charge in [0.1, 0.15) is 0 Å². The average Bonchev–Trinajstić information content (AvgIpc) is 3.05. The molecule has 156 valence electrons. The van der Waals surface area contributed by atoms with E-state index in [0.29, 0.717) is 15.6 Å². The summed E-state index contributed by atoms with van der Waals surface area (Å²) in [5.74, 6) is -0.609. The van der Waals surface area contributed by atoms with E-state index in [4.69, 9.17) is 23.2 Å². The van der Waals surface area contributed by atoms with Gasteiger partial charge in [0.25, 0.3) is 5.91 Å². The SMILES string of the molecule is Cc1cccc(C(=O)N[C@H]2C(=O)N/[N+](=C\c3ccc(Cl)cc3)[C@H]2c2ccc(Cl)cc2)c1. The summed E-state index contributed by atoms with van der Waals surface area (Å²) in [4.78, 5) is 25.8.